The van der Waals surface area contributed by atoms with E-state index in [1.165, 1.54) is 0 Å². The van der Waals surface area contributed by atoms with Gasteiger partial charge in [0.15, 0.2) is 0 Å². The van der Waals surface area contributed by atoms with E-state index < -0.39 is 0 Å². The van der Waals surface area contributed by atoms with Gasteiger partial charge in [-0.1, -0.05) is 52.8 Å². The van der Waals surface area contributed by atoms with E-state index in [-0.39, 0.29) is 24.0 Å². The van der Waals surface area contributed by atoms with E-state index in [1.54, 1.807) is 12.0 Å². The van der Waals surface area contributed by atoms with Crippen LogP contribution in [0.5, 0.6) is 0 Å². The molecule has 4 nitrogen and oxygen atoms in total. The normalized spacial score (nSPS) is 13.0. The van der Waals surface area contributed by atoms with Crippen LogP contribution in [0.15, 0.2) is 24.3 Å². The second-order valence-corrected chi connectivity index (χ2v) is 6.87. The number of anilines is 1. The first kappa shape index (κ1) is 19.7. The van der Waals surface area contributed by atoms with E-state index in [0.717, 1.165) is 17.7 Å². The molecule has 0 radical (unpaired) electrons. The molecule has 0 unspecified atom stereocenters. The summed E-state index contributed by atoms with van der Waals surface area (Å²) in [5.74, 6) is 0.0654. The van der Waals surface area contributed by atoms with Crippen LogP contribution in [0.3, 0.4) is 0 Å². The van der Waals surface area contributed by atoms with Gasteiger partial charge in [0.2, 0.25) is 5.91 Å². The van der Waals surface area contributed by atoms with Gasteiger partial charge in [-0.25, -0.2) is 0 Å². The summed E-state index contributed by atoms with van der Waals surface area (Å²) < 4.78 is 10.7. The summed E-state index contributed by atoms with van der Waals surface area (Å²) >= 11 is 0. The van der Waals surface area contributed by atoms with Crippen molar-refractivity contribution in [2.45, 2.75) is 46.5 Å². The van der Waals surface area contributed by atoms with Crippen LogP contribution in [0.1, 0.15) is 46.6 Å². The van der Waals surface area contributed by atoms with Gasteiger partial charge in [-0.3, -0.25) is 9.69 Å². The molecule has 1 aromatic carbocycles. The Kier molecular flexibility index (Phi) is 7.73. The number of ether oxygens (including phenoxy) is 2. The van der Waals surface area contributed by atoms with Crippen LogP contribution in [-0.4, -0.2) is 33.0 Å². The van der Waals surface area contributed by atoms with E-state index in [9.17, 15) is 4.79 Å². The molecule has 0 N–H and O–H groups in total. The van der Waals surface area contributed by atoms with Crippen LogP contribution in [0.25, 0.3) is 0 Å². The van der Waals surface area contributed by atoms with Crippen molar-refractivity contribution in [2.75, 3.05) is 32.0 Å². The van der Waals surface area contributed by atoms with Crippen molar-refractivity contribution < 1.29 is 14.3 Å². The molecule has 1 atom stereocenters. The summed E-state index contributed by atoms with van der Waals surface area (Å²) in [5, 5.41) is 0. The number of methoxy groups -OCH3 is 1. The number of hydrogen-bond donors (Lipinski definition) is 0. The number of hydrogen-bond acceptors (Lipinski definition) is 3. The lowest BCUT2D eigenvalue weighted by Crippen LogP contribution is -2.38. The average Bonchev–Trinajstić information content (AvgIpc) is 2.53. The third-order valence-corrected chi connectivity index (χ3v) is 3.96. The first-order chi connectivity index (χ1) is 10.8. The molecule has 1 amide bonds. The molecule has 1 rings (SSSR count). The zero-order chi connectivity index (χ0) is 17.5. The van der Waals surface area contributed by atoms with Gasteiger partial charge < -0.3 is 9.47 Å². The molecule has 23 heavy (non-hydrogen) atoms. The van der Waals surface area contributed by atoms with E-state index >= 15 is 0 Å². The number of nitrogens with zero attached hydrogens (tertiary/aromatic N) is 1. The van der Waals surface area contributed by atoms with Crippen molar-refractivity contribution in [3.8, 4) is 0 Å². The van der Waals surface area contributed by atoms with Gasteiger partial charge in [0.1, 0.15) is 6.73 Å². The lowest BCUT2D eigenvalue weighted by atomic mass is 9.85. The van der Waals surface area contributed by atoms with Crippen molar-refractivity contribution >= 4 is 11.6 Å². The van der Waals surface area contributed by atoms with Gasteiger partial charge >= 0.3 is 0 Å². The molecule has 0 heterocycles. The largest absolute Gasteiger partial charge is 0.382 e. The minimum Gasteiger partial charge on any atom is -0.382 e. The molecule has 0 bridgehead atoms. The minimum atomic E-state index is -0.0445. The molecular weight excluding hydrogens is 290 g/mol. The number of benzene rings is 1. The molecule has 0 aliphatic rings. The fourth-order valence-corrected chi connectivity index (χ4v) is 2.33. The molecule has 0 spiro atoms. The fraction of sp³-hybridized carbons (Fsp3) is 0.632. The molecule has 0 aliphatic heterocycles. The Morgan fingerprint density at radius 2 is 1.87 bits per heavy atom. The van der Waals surface area contributed by atoms with E-state index in [0.29, 0.717) is 13.2 Å². The summed E-state index contributed by atoms with van der Waals surface area (Å²) in [6.45, 7) is 11.7. The zero-order valence-corrected chi connectivity index (χ0v) is 15.4. The first-order valence-electron chi connectivity index (χ1n) is 8.30. The lowest BCUT2D eigenvalue weighted by molar-refractivity contribution is -0.123. The van der Waals surface area contributed by atoms with Gasteiger partial charge in [0.05, 0.1) is 13.2 Å². The maximum Gasteiger partial charge on any atom is 0.231 e. The molecule has 4 heteroatoms. The van der Waals surface area contributed by atoms with Crippen molar-refractivity contribution in [1.82, 2.24) is 0 Å². The summed E-state index contributed by atoms with van der Waals surface area (Å²) in [6.07, 6.45) is 0.811. The van der Waals surface area contributed by atoms with Gasteiger partial charge in [-0.2, -0.15) is 0 Å². The van der Waals surface area contributed by atoms with Gasteiger partial charge in [-0.05, 0) is 23.5 Å². The van der Waals surface area contributed by atoms with Crippen molar-refractivity contribution in [3.63, 3.8) is 0 Å². The molecule has 0 saturated heterocycles. The van der Waals surface area contributed by atoms with Gasteiger partial charge in [-0.15, -0.1) is 0 Å². The quantitative estimate of drug-likeness (QED) is 0.537. The monoisotopic (exact) mass is 321 g/mol. The summed E-state index contributed by atoms with van der Waals surface area (Å²) in [4.78, 5) is 14.6. The SMILES string of the molecule is CC[C@H](C)C(=O)N(COCCOC)c1ccccc1C(C)(C)C. The topological polar surface area (TPSA) is 38.8 Å². The Bertz CT molecular complexity index is 494. The Hall–Kier alpha value is -1.39. The second-order valence-electron chi connectivity index (χ2n) is 6.87. The molecule has 130 valence electrons. The Labute approximate surface area is 140 Å². The van der Waals surface area contributed by atoms with Crippen LogP contribution >= 0.6 is 0 Å². The smallest absolute Gasteiger partial charge is 0.231 e. The molecule has 0 fully saturated rings. The van der Waals surface area contributed by atoms with Crippen molar-refractivity contribution in [2.24, 2.45) is 5.92 Å². The van der Waals surface area contributed by atoms with E-state index in [1.807, 2.05) is 32.0 Å². The maximum atomic E-state index is 12.8. The van der Waals surface area contributed by atoms with Crippen molar-refractivity contribution in [3.05, 3.63) is 29.8 Å². The minimum absolute atomic E-state index is 0.0333. The van der Waals surface area contributed by atoms with Crippen LogP contribution in [0, 0.1) is 5.92 Å². The Balaban J connectivity index is 3.11. The Morgan fingerprint density at radius 3 is 2.43 bits per heavy atom. The number of rotatable bonds is 8. The fourth-order valence-electron chi connectivity index (χ4n) is 2.33. The van der Waals surface area contributed by atoms with Crippen LogP contribution in [0.2, 0.25) is 0 Å². The van der Waals surface area contributed by atoms with E-state index in [2.05, 4.69) is 26.8 Å². The van der Waals surface area contributed by atoms with Gasteiger partial charge in [0.25, 0.3) is 0 Å². The van der Waals surface area contributed by atoms with Crippen LogP contribution < -0.4 is 4.90 Å². The zero-order valence-electron chi connectivity index (χ0n) is 15.4. The van der Waals surface area contributed by atoms with Crippen LogP contribution in [-0.2, 0) is 19.7 Å². The Morgan fingerprint density at radius 1 is 1.22 bits per heavy atom. The van der Waals surface area contributed by atoms with Gasteiger partial charge in [0, 0.05) is 18.7 Å². The third-order valence-electron chi connectivity index (χ3n) is 3.96. The highest BCUT2D eigenvalue weighted by Gasteiger charge is 2.26. The molecule has 1 aromatic rings. The number of carbonyl (C=O) groups excluding carboxylic acids is 1. The number of amides is 1. The second kappa shape index (κ2) is 9.04. The van der Waals surface area contributed by atoms with E-state index in [4.69, 9.17) is 9.47 Å². The highest BCUT2D eigenvalue weighted by atomic mass is 16.5. The number of carbonyl (C=O) groups is 1. The highest BCUT2D eigenvalue weighted by Crippen LogP contribution is 2.32. The van der Waals surface area contributed by atoms with Crippen LogP contribution in [0.4, 0.5) is 5.69 Å². The highest BCUT2D eigenvalue weighted by molar-refractivity contribution is 5.95. The summed E-state index contributed by atoms with van der Waals surface area (Å²) in [6, 6.07) is 8.07. The summed E-state index contributed by atoms with van der Waals surface area (Å²) in [5.41, 5.74) is 2.03. The number of para-hydroxylation sites is 1. The summed E-state index contributed by atoms with van der Waals surface area (Å²) in [7, 11) is 1.64. The maximum absolute atomic E-state index is 12.8. The first-order valence-corrected chi connectivity index (χ1v) is 8.30. The standard InChI is InChI=1S/C19H31NO3/c1-7-15(2)18(21)20(14-23-13-12-22-6)17-11-9-8-10-16(17)19(3,4)5/h8-11,15H,7,12-14H2,1-6H3/t15-/m0/s1. The predicted octanol–water partition coefficient (Wildman–Crippen LogP) is 3.98. The molecule has 0 aliphatic carbocycles. The molecule has 0 saturated carbocycles. The third kappa shape index (κ3) is 5.63. The average molecular weight is 321 g/mol. The predicted molar refractivity (Wildman–Crippen MR) is 94.8 cm³/mol. The lowest BCUT2D eigenvalue weighted by Gasteiger charge is -2.31. The van der Waals surface area contributed by atoms with Crippen molar-refractivity contribution in [1.29, 1.82) is 0 Å². The molecular formula is C19H31NO3. The molecule has 0 aromatic heterocycles.